The van der Waals surface area contributed by atoms with Crippen LogP contribution < -0.4 is 5.32 Å². The van der Waals surface area contributed by atoms with E-state index in [0.29, 0.717) is 6.04 Å². The Kier molecular flexibility index (Phi) is 5.36. The molecule has 2 heterocycles. The Balaban J connectivity index is 1.50. The molecule has 0 aromatic carbocycles. The molecule has 0 saturated heterocycles. The van der Waals surface area contributed by atoms with Crippen molar-refractivity contribution in [3.8, 4) is 17.5 Å². The van der Waals surface area contributed by atoms with Crippen molar-refractivity contribution in [2.24, 2.45) is 0 Å². The average molecular weight is 397 g/mol. The molecule has 0 spiro atoms. The minimum absolute atomic E-state index is 0.107. The van der Waals surface area contributed by atoms with Gasteiger partial charge in [-0.25, -0.2) is 0 Å². The number of nitriles is 1. The van der Waals surface area contributed by atoms with Gasteiger partial charge in [-0.1, -0.05) is 31.0 Å². The van der Waals surface area contributed by atoms with Gasteiger partial charge in [0.05, 0.1) is 11.3 Å². The maximum atomic E-state index is 12.8. The molecule has 0 unspecified atom stereocenters. The van der Waals surface area contributed by atoms with Crippen molar-refractivity contribution < 1.29 is 4.79 Å². The van der Waals surface area contributed by atoms with Gasteiger partial charge in [-0.15, -0.1) is 10.2 Å². The molecule has 0 bridgehead atoms. The maximum absolute atomic E-state index is 12.8. The summed E-state index contributed by atoms with van der Waals surface area (Å²) >= 11 is 1.41. The lowest BCUT2D eigenvalue weighted by molar-refractivity contribution is -0.121. The lowest BCUT2D eigenvalue weighted by Crippen LogP contribution is -2.51. The van der Waals surface area contributed by atoms with Gasteiger partial charge in [-0.2, -0.15) is 5.26 Å². The van der Waals surface area contributed by atoms with Crippen molar-refractivity contribution in [2.75, 3.05) is 0 Å². The van der Waals surface area contributed by atoms with Crippen LogP contribution in [0.1, 0.15) is 57.9 Å². The molecule has 4 rings (SSSR count). The number of aromatic nitrogens is 4. The first-order chi connectivity index (χ1) is 13.6. The first-order valence-electron chi connectivity index (χ1n) is 9.87. The average Bonchev–Trinajstić information content (AvgIpc) is 3.49. The van der Waals surface area contributed by atoms with E-state index in [1.807, 2.05) is 19.1 Å². The number of nitrogens with one attached hydrogen (secondary N) is 1. The van der Waals surface area contributed by atoms with Crippen LogP contribution >= 0.6 is 11.8 Å². The van der Waals surface area contributed by atoms with E-state index in [4.69, 9.17) is 0 Å². The van der Waals surface area contributed by atoms with Gasteiger partial charge in [-0.05, 0) is 44.7 Å². The highest BCUT2D eigenvalue weighted by molar-refractivity contribution is 8.00. The van der Waals surface area contributed by atoms with E-state index in [1.54, 1.807) is 12.4 Å². The molecule has 2 saturated carbocycles. The van der Waals surface area contributed by atoms with Gasteiger partial charge in [0.1, 0.15) is 5.54 Å². The third-order valence-corrected chi connectivity index (χ3v) is 6.51. The van der Waals surface area contributed by atoms with Crippen LogP contribution in [0.3, 0.4) is 0 Å². The fourth-order valence-electron chi connectivity index (χ4n) is 3.69. The molecule has 2 aromatic heterocycles. The van der Waals surface area contributed by atoms with E-state index in [0.717, 1.165) is 61.5 Å². The first kappa shape index (κ1) is 18.9. The van der Waals surface area contributed by atoms with E-state index < -0.39 is 5.54 Å². The van der Waals surface area contributed by atoms with Gasteiger partial charge >= 0.3 is 0 Å². The normalized spacial score (nSPS) is 19.6. The third kappa shape index (κ3) is 3.90. The smallest absolute Gasteiger partial charge is 0.234 e. The quantitative estimate of drug-likeness (QED) is 0.751. The minimum Gasteiger partial charge on any atom is -0.337 e. The van der Waals surface area contributed by atoms with E-state index in [-0.39, 0.29) is 11.2 Å². The lowest BCUT2D eigenvalue weighted by Gasteiger charge is -2.32. The molecule has 0 aliphatic heterocycles. The summed E-state index contributed by atoms with van der Waals surface area (Å²) in [5.41, 5.74) is 0.264. The molecule has 146 valence electrons. The molecule has 1 amide bonds. The largest absolute Gasteiger partial charge is 0.337 e. The monoisotopic (exact) mass is 396 g/mol. The number of carbonyl (C=O) groups is 1. The number of hydrogen-bond acceptors (Lipinski definition) is 6. The highest BCUT2D eigenvalue weighted by atomic mass is 32.2. The van der Waals surface area contributed by atoms with Crippen LogP contribution in [0.4, 0.5) is 0 Å². The standard InChI is InChI=1S/C20H24N6OS/c1-14(18(27)23-20(13-21)9-3-2-4-10-20)28-19-25-24-17(26(19)16-5-6-16)15-7-11-22-12-8-15/h7-8,11-12,14,16H,2-6,9-10H2,1H3,(H,23,27)/t14-/m0/s1. The van der Waals surface area contributed by atoms with Crippen molar-refractivity contribution in [2.45, 2.75) is 73.9 Å². The van der Waals surface area contributed by atoms with Crippen LogP contribution in [0.15, 0.2) is 29.7 Å². The van der Waals surface area contributed by atoms with Crippen LogP contribution in [-0.2, 0) is 4.79 Å². The fourth-order valence-corrected chi connectivity index (χ4v) is 4.61. The third-order valence-electron chi connectivity index (χ3n) is 5.45. The zero-order chi connectivity index (χ0) is 19.6. The van der Waals surface area contributed by atoms with Gasteiger partial charge in [0, 0.05) is 24.0 Å². The minimum atomic E-state index is -0.712. The predicted molar refractivity (Wildman–Crippen MR) is 106 cm³/mol. The number of rotatable bonds is 6. The molecular weight excluding hydrogens is 372 g/mol. The molecule has 7 nitrogen and oxygen atoms in total. The topological polar surface area (TPSA) is 96.5 Å². The van der Waals surface area contributed by atoms with Gasteiger partial charge < -0.3 is 5.32 Å². The second-order valence-electron chi connectivity index (χ2n) is 7.65. The zero-order valence-electron chi connectivity index (χ0n) is 16.0. The summed E-state index contributed by atoms with van der Waals surface area (Å²) in [5.74, 6) is 0.713. The van der Waals surface area contributed by atoms with Crippen molar-refractivity contribution in [3.63, 3.8) is 0 Å². The Labute approximate surface area is 168 Å². The number of amides is 1. The molecule has 2 fully saturated rings. The van der Waals surface area contributed by atoms with Crippen LogP contribution in [0, 0.1) is 11.3 Å². The Morgan fingerprint density at radius 1 is 1.29 bits per heavy atom. The van der Waals surface area contributed by atoms with Crippen LogP contribution in [0.25, 0.3) is 11.4 Å². The van der Waals surface area contributed by atoms with E-state index in [2.05, 4.69) is 31.1 Å². The summed E-state index contributed by atoms with van der Waals surface area (Å²) in [4.78, 5) is 16.9. The highest BCUT2D eigenvalue weighted by Gasteiger charge is 2.36. The Hall–Kier alpha value is -2.40. The van der Waals surface area contributed by atoms with Crippen LogP contribution in [0.5, 0.6) is 0 Å². The predicted octanol–water partition coefficient (Wildman–Crippen LogP) is 3.50. The summed E-state index contributed by atoms with van der Waals surface area (Å²) < 4.78 is 2.14. The number of pyridine rings is 1. The van der Waals surface area contributed by atoms with Crippen molar-refractivity contribution >= 4 is 17.7 Å². The second kappa shape index (κ2) is 7.92. The Morgan fingerprint density at radius 2 is 2.00 bits per heavy atom. The summed E-state index contributed by atoms with van der Waals surface area (Å²) in [5, 5.41) is 21.8. The Morgan fingerprint density at radius 3 is 2.64 bits per heavy atom. The highest BCUT2D eigenvalue weighted by Crippen LogP contribution is 2.41. The first-order valence-corrected chi connectivity index (χ1v) is 10.7. The number of carbonyl (C=O) groups excluding carboxylic acids is 1. The molecule has 28 heavy (non-hydrogen) atoms. The van der Waals surface area contributed by atoms with Crippen LogP contribution in [0.2, 0.25) is 0 Å². The van der Waals surface area contributed by atoms with Crippen molar-refractivity contribution in [1.82, 2.24) is 25.1 Å². The zero-order valence-corrected chi connectivity index (χ0v) is 16.8. The number of nitrogens with zero attached hydrogens (tertiary/aromatic N) is 5. The maximum Gasteiger partial charge on any atom is 0.234 e. The van der Waals surface area contributed by atoms with Crippen LogP contribution in [-0.4, -0.2) is 36.4 Å². The molecule has 2 aliphatic rings. The summed E-state index contributed by atoms with van der Waals surface area (Å²) in [6.07, 6.45) is 10.3. The molecule has 0 radical (unpaired) electrons. The second-order valence-corrected chi connectivity index (χ2v) is 8.96. The summed E-state index contributed by atoms with van der Waals surface area (Å²) in [6.45, 7) is 1.87. The number of hydrogen-bond donors (Lipinski definition) is 1. The van der Waals surface area contributed by atoms with E-state index in [9.17, 15) is 10.1 Å². The molecule has 1 atom stereocenters. The molecular formula is C20H24N6OS. The summed E-state index contributed by atoms with van der Waals surface area (Å²) in [7, 11) is 0. The van der Waals surface area contributed by atoms with Gasteiger partial charge in [-0.3, -0.25) is 14.3 Å². The lowest BCUT2D eigenvalue weighted by atomic mass is 9.83. The summed E-state index contributed by atoms with van der Waals surface area (Å²) in [6, 6.07) is 6.59. The molecule has 8 heteroatoms. The van der Waals surface area contributed by atoms with Gasteiger partial charge in [0.25, 0.3) is 0 Å². The van der Waals surface area contributed by atoms with Crippen molar-refractivity contribution in [3.05, 3.63) is 24.5 Å². The molecule has 1 N–H and O–H groups in total. The fraction of sp³-hybridized carbons (Fsp3) is 0.550. The van der Waals surface area contributed by atoms with E-state index in [1.165, 1.54) is 11.8 Å². The number of thioether (sulfide) groups is 1. The van der Waals surface area contributed by atoms with E-state index >= 15 is 0 Å². The van der Waals surface area contributed by atoms with Gasteiger partial charge in [0.15, 0.2) is 11.0 Å². The SMILES string of the molecule is C[C@H](Sc1nnc(-c2ccncc2)n1C1CC1)C(=O)NC1(C#N)CCCCC1. The van der Waals surface area contributed by atoms with Gasteiger partial charge in [0.2, 0.25) is 5.91 Å². The molecule has 2 aromatic rings. The Bertz CT molecular complexity index is 880. The molecule has 2 aliphatic carbocycles. The van der Waals surface area contributed by atoms with Crippen molar-refractivity contribution in [1.29, 1.82) is 5.26 Å².